The minimum Gasteiger partial charge on any atom is -0.374 e. The first-order valence-corrected chi connectivity index (χ1v) is 6.15. The predicted octanol–water partition coefficient (Wildman–Crippen LogP) is 3.79. The summed E-state index contributed by atoms with van der Waals surface area (Å²) in [6.07, 6.45) is 1.48. The van der Waals surface area contributed by atoms with Crippen molar-refractivity contribution in [3.8, 4) is 0 Å². The highest BCUT2D eigenvalue weighted by molar-refractivity contribution is 5.85. The van der Waals surface area contributed by atoms with Crippen molar-refractivity contribution in [2.24, 2.45) is 0 Å². The van der Waals surface area contributed by atoms with E-state index in [-0.39, 0.29) is 23.7 Å². The Bertz CT molecular complexity index is 853. The van der Waals surface area contributed by atoms with E-state index in [1.807, 2.05) is 0 Å². The standard InChI is InChI=1S/C18H15NO.ClH/c20-18(15-9-3-1-4-10-15,16-11-5-2-6-12-16)17-13-7-8-14-19-17;/h1-14,20H;1H/i1D,3D,4D,9D,10D;. The topological polar surface area (TPSA) is 33.1 Å². The van der Waals surface area contributed by atoms with Crippen molar-refractivity contribution >= 4 is 12.4 Å². The van der Waals surface area contributed by atoms with Crippen LogP contribution in [0.2, 0.25) is 0 Å². The largest absolute Gasteiger partial charge is 0.374 e. The molecule has 3 heteroatoms. The van der Waals surface area contributed by atoms with Crippen LogP contribution in [0.4, 0.5) is 0 Å². The van der Waals surface area contributed by atoms with Gasteiger partial charge in [-0.2, -0.15) is 0 Å². The van der Waals surface area contributed by atoms with Gasteiger partial charge in [-0.3, -0.25) is 4.98 Å². The maximum Gasteiger partial charge on any atom is 0.157 e. The van der Waals surface area contributed by atoms with E-state index in [0.717, 1.165) is 0 Å². The Labute approximate surface area is 137 Å². The molecular formula is C18H16ClNO. The fourth-order valence-electron chi connectivity index (χ4n) is 2.11. The molecule has 1 atom stereocenters. The summed E-state index contributed by atoms with van der Waals surface area (Å²) >= 11 is 0. The Morgan fingerprint density at radius 1 is 0.857 bits per heavy atom. The molecular weight excluding hydrogens is 282 g/mol. The van der Waals surface area contributed by atoms with Crippen molar-refractivity contribution in [1.29, 1.82) is 0 Å². The van der Waals surface area contributed by atoms with E-state index in [4.69, 9.17) is 6.85 Å². The van der Waals surface area contributed by atoms with E-state index in [1.54, 1.807) is 48.5 Å². The van der Waals surface area contributed by atoms with Gasteiger partial charge in [-0.1, -0.05) is 66.6 Å². The van der Waals surface area contributed by atoms with Gasteiger partial charge in [0, 0.05) is 6.20 Å². The van der Waals surface area contributed by atoms with Crippen LogP contribution in [0, 0.1) is 0 Å². The molecule has 0 amide bonds. The molecule has 1 N–H and O–H groups in total. The van der Waals surface area contributed by atoms with Gasteiger partial charge in [0.15, 0.2) is 5.60 Å². The average molecular weight is 303 g/mol. The number of hydrogen-bond acceptors (Lipinski definition) is 2. The van der Waals surface area contributed by atoms with Gasteiger partial charge in [0.25, 0.3) is 0 Å². The third-order valence-electron chi connectivity index (χ3n) is 3.09. The van der Waals surface area contributed by atoms with Crippen LogP contribution in [0.1, 0.15) is 23.7 Å². The molecule has 0 aliphatic heterocycles. The van der Waals surface area contributed by atoms with Gasteiger partial charge >= 0.3 is 0 Å². The summed E-state index contributed by atoms with van der Waals surface area (Å²) in [6, 6.07) is 11.0. The lowest BCUT2D eigenvalue weighted by molar-refractivity contribution is 0.121. The van der Waals surface area contributed by atoms with Gasteiger partial charge in [-0.15, -0.1) is 12.4 Å². The SMILES string of the molecule is Cl.[2H]c1c([2H])c([2H])c(C(O)(c2ccccc2)c2ccccn2)c([2H])c1[2H]. The second kappa shape index (κ2) is 6.53. The summed E-state index contributed by atoms with van der Waals surface area (Å²) in [5.74, 6) is 0. The molecule has 0 saturated heterocycles. The second-order valence-electron chi connectivity index (χ2n) is 4.29. The van der Waals surface area contributed by atoms with Gasteiger partial charge in [0.2, 0.25) is 0 Å². The number of halogens is 1. The van der Waals surface area contributed by atoms with E-state index in [1.165, 1.54) is 6.20 Å². The Balaban J connectivity index is 0.00000243. The summed E-state index contributed by atoms with van der Waals surface area (Å²) < 4.78 is 40.0. The number of rotatable bonds is 3. The van der Waals surface area contributed by atoms with Gasteiger partial charge in [0.1, 0.15) is 0 Å². The third-order valence-corrected chi connectivity index (χ3v) is 3.09. The first-order chi connectivity index (χ1) is 11.9. The smallest absolute Gasteiger partial charge is 0.157 e. The number of aromatic nitrogens is 1. The first-order valence-electron chi connectivity index (χ1n) is 8.65. The Morgan fingerprint density at radius 3 is 2.14 bits per heavy atom. The summed E-state index contributed by atoms with van der Waals surface area (Å²) in [6.45, 7) is 0. The summed E-state index contributed by atoms with van der Waals surface area (Å²) in [5, 5.41) is 11.6. The van der Waals surface area contributed by atoms with Crippen molar-refractivity contribution in [1.82, 2.24) is 4.98 Å². The van der Waals surface area contributed by atoms with E-state index in [9.17, 15) is 5.11 Å². The Morgan fingerprint density at radius 2 is 1.52 bits per heavy atom. The highest BCUT2D eigenvalue weighted by Crippen LogP contribution is 2.34. The lowest BCUT2D eigenvalue weighted by atomic mass is 9.83. The minimum atomic E-state index is -1.98. The number of nitrogens with zero attached hydrogens (tertiary/aromatic N) is 1. The number of pyridine rings is 1. The lowest BCUT2D eigenvalue weighted by Crippen LogP contribution is -2.29. The van der Waals surface area contributed by atoms with Crippen molar-refractivity contribution in [2.75, 3.05) is 0 Å². The quantitative estimate of drug-likeness (QED) is 0.798. The van der Waals surface area contributed by atoms with Crippen LogP contribution in [0.5, 0.6) is 0 Å². The predicted molar refractivity (Wildman–Crippen MR) is 86.5 cm³/mol. The molecule has 3 aromatic rings. The first kappa shape index (κ1) is 9.72. The van der Waals surface area contributed by atoms with Crippen molar-refractivity contribution in [2.45, 2.75) is 5.60 Å². The molecule has 0 spiro atoms. The zero-order valence-corrected chi connectivity index (χ0v) is 11.8. The van der Waals surface area contributed by atoms with Gasteiger partial charge in [-0.25, -0.2) is 0 Å². The molecule has 106 valence electrons. The van der Waals surface area contributed by atoms with Crippen LogP contribution in [-0.4, -0.2) is 10.1 Å². The third kappa shape index (κ3) is 2.82. The van der Waals surface area contributed by atoms with E-state index < -0.39 is 35.8 Å². The Hall–Kier alpha value is -2.16. The summed E-state index contributed by atoms with van der Waals surface area (Å²) in [4.78, 5) is 4.18. The highest BCUT2D eigenvalue weighted by atomic mass is 35.5. The van der Waals surface area contributed by atoms with Gasteiger partial charge < -0.3 is 5.11 Å². The molecule has 0 aliphatic rings. The Kier molecular flexibility index (Phi) is 3.02. The van der Waals surface area contributed by atoms with Crippen LogP contribution in [-0.2, 0) is 5.60 Å². The maximum atomic E-state index is 11.6. The summed E-state index contributed by atoms with van der Waals surface area (Å²) in [7, 11) is 0. The molecule has 3 rings (SSSR count). The summed E-state index contributed by atoms with van der Waals surface area (Å²) in [5.41, 5.74) is -1.65. The molecule has 2 nitrogen and oxygen atoms in total. The highest BCUT2D eigenvalue weighted by Gasteiger charge is 2.34. The minimum absolute atomic E-state index is 0. The number of benzene rings is 2. The molecule has 0 radical (unpaired) electrons. The molecule has 1 unspecified atom stereocenters. The zero-order valence-electron chi connectivity index (χ0n) is 16.0. The van der Waals surface area contributed by atoms with Gasteiger partial charge in [-0.05, 0) is 23.3 Å². The zero-order chi connectivity index (χ0) is 18.2. The van der Waals surface area contributed by atoms with E-state index in [2.05, 4.69) is 4.98 Å². The van der Waals surface area contributed by atoms with Gasteiger partial charge in [0.05, 0.1) is 12.5 Å². The molecule has 0 fully saturated rings. The van der Waals surface area contributed by atoms with Crippen LogP contribution in [0.3, 0.4) is 0 Å². The van der Waals surface area contributed by atoms with E-state index in [0.29, 0.717) is 5.56 Å². The van der Waals surface area contributed by atoms with Crippen LogP contribution in [0.15, 0.2) is 84.9 Å². The molecule has 0 bridgehead atoms. The van der Waals surface area contributed by atoms with E-state index >= 15 is 0 Å². The monoisotopic (exact) mass is 302 g/mol. The van der Waals surface area contributed by atoms with Crippen LogP contribution >= 0.6 is 12.4 Å². The fourth-order valence-corrected chi connectivity index (χ4v) is 2.11. The molecule has 2 aromatic carbocycles. The van der Waals surface area contributed by atoms with Crippen molar-refractivity contribution < 1.29 is 12.0 Å². The normalized spacial score (nSPS) is 16.3. The molecule has 21 heavy (non-hydrogen) atoms. The average Bonchev–Trinajstić information content (AvgIpc) is 2.66. The molecule has 1 heterocycles. The fraction of sp³-hybridized carbons (Fsp3) is 0.0556. The number of hydrogen-bond donors (Lipinski definition) is 1. The maximum absolute atomic E-state index is 11.6. The molecule has 0 saturated carbocycles. The second-order valence-corrected chi connectivity index (χ2v) is 4.29. The lowest BCUT2D eigenvalue weighted by Gasteiger charge is -2.28. The number of aliphatic hydroxyl groups is 1. The molecule has 0 aliphatic carbocycles. The molecule has 1 aromatic heterocycles. The van der Waals surface area contributed by atoms with Crippen molar-refractivity contribution in [3.05, 3.63) is 102 Å². The van der Waals surface area contributed by atoms with Crippen molar-refractivity contribution in [3.63, 3.8) is 0 Å². The van der Waals surface area contributed by atoms with Crippen LogP contribution in [0.25, 0.3) is 0 Å². The van der Waals surface area contributed by atoms with Crippen LogP contribution < -0.4 is 0 Å².